The van der Waals surface area contributed by atoms with Gasteiger partial charge in [0, 0.05) is 34.9 Å². The standard InChI is InChI=1S/C24H28F2N4O3S/c1-3-33-23(32)21-28-18(22(31)30-13-5-6-14(30)8-7-13)19(34-21)16-12-27-17(11-15(16)20(25)26)29-24(2)9-4-10-24/h11-14,20H,3-10H2,1-2H3,(H,27,29)/t13-,14-. The van der Waals surface area contributed by atoms with Crippen molar-refractivity contribution >= 4 is 29.0 Å². The summed E-state index contributed by atoms with van der Waals surface area (Å²) in [5.74, 6) is -0.599. The zero-order valence-electron chi connectivity index (χ0n) is 19.3. The first-order chi connectivity index (χ1) is 16.3. The number of halogens is 2. The molecule has 34 heavy (non-hydrogen) atoms. The van der Waals surface area contributed by atoms with Crippen molar-refractivity contribution in [3.63, 3.8) is 0 Å². The van der Waals surface area contributed by atoms with Crippen LogP contribution in [0.5, 0.6) is 0 Å². The van der Waals surface area contributed by atoms with E-state index < -0.39 is 12.4 Å². The lowest BCUT2D eigenvalue weighted by atomic mass is 9.78. The molecule has 1 amide bonds. The first kappa shape index (κ1) is 23.1. The summed E-state index contributed by atoms with van der Waals surface area (Å²) in [6.07, 6.45) is 5.31. The number of amides is 1. The second kappa shape index (κ2) is 8.87. The van der Waals surface area contributed by atoms with E-state index in [0.717, 1.165) is 56.3 Å². The number of esters is 1. The number of fused-ring (bicyclic) bond motifs is 2. The molecule has 2 saturated heterocycles. The number of hydrogen-bond acceptors (Lipinski definition) is 7. The average Bonchev–Trinajstić information content (AvgIpc) is 3.52. The summed E-state index contributed by atoms with van der Waals surface area (Å²) in [6.45, 7) is 3.87. The number of anilines is 1. The molecule has 0 aromatic carbocycles. The van der Waals surface area contributed by atoms with Crippen molar-refractivity contribution in [2.45, 2.75) is 82.8 Å². The Balaban J connectivity index is 1.56. The zero-order valence-corrected chi connectivity index (χ0v) is 20.1. The van der Waals surface area contributed by atoms with Gasteiger partial charge in [-0.3, -0.25) is 4.79 Å². The molecule has 3 aliphatic rings. The van der Waals surface area contributed by atoms with Crippen LogP contribution in [0.15, 0.2) is 12.3 Å². The maximum absolute atomic E-state index is 14.2. The largest absolute Gasteiger partial charge is 0.461 e. The van der Waals surface area contributed by atoms with Crippen molar-refractivity contribution in [1.29, 1.82) is 0 Å². The Bertz CT molecular complexity index is 1100. The Kier molecular flexibility index (Phi) is 6.03. The fraction of sp³-hybridized carbons (Fsp3) is 0.583. The van der Waals surface area contributed by atoms with Gasteiger partial charge in [0.2, 0.25) is 5.01 Å². The number of rotatable bonds is 7. The quantitative estimate of drug-likeness (QED) is 0.520. The number of nitrogens with zero attached hydrogens (tertiary/aromatic N) is 3. The van der Waals surface area contributed by atoms with E-state index in [1.54, 1.807) is 6.92 Å². The topological polar surface area (TPSA) is 84.4 Å². The molecule has 5 rings (SSSR count). The van der Waals surface area contributed by atoms with Crippen molar-refractivity contribution in [3.8, 4) is 10.4 Å². The van der Waals surface area contributed by atoms with Gasteiger partial charge in [-0.2, -0.15) is 0 Å². The van der Waals surface area contributed by atoms with Gasteiger partial charge in [-0.05, 0) is 64.9 Å². The number of alkyl halides is 2. The van der Waals surface area contributed by atoms with E-state index in [2.05, 4.69) is 15.3 Å². The van der Waals surface area contributed by atoms with Gasteiger partial charge >= 0.3 is 5.97 Å². The first-order valence-corrected chi connectivity index (χ1v) is 12.7. The van der Waals surface area contributed by atoms with Gasteiger partial charge in [-0.25, -0.2) is 23.5 Å². The molecule has 3 fully saturated rings. The van der Waals surface area contributed by atoms with Crippen LogP contribution in [0.2, 0.25) is 0 Å². The Hall–Kier alpha value is -2.62. The van der Waals surface area contributed by atoms with E-state index >= 15 is 0 Å². The van der Waals surface area contributed by atoms with Gasteiger partial charge < -0.3 is 15.0 Å². The molecule has 2 aromatic rings. The number of carbonyl (C=O) groups excluding carboxylic acids is 2. The molecule has 4 heterocycles. The lowest BCUT2D eigenvalue weighted by Gasteiger charge is -2.39. The number of nitrogens with one attached hydrogen (secondary N) is 1. The molecule has 182 valence electrons. The highest BCUT2D eigenvalue weighted by Crippen LogP contribution is 2.43. The molecule has 1 N–H and O–H groups in total. The summed E-state index contributed by atoms with van der Waals surface area (Å²) in [4.78, 5) is 36.8. The summed E-state index contributed by atoms with van der Waals surface area (Å²) >= 11 is 0.910. The first-order valence-electron chi connectivity index (χ1n) is 11.9. The maximum Gasteiger partial charge on any atom is 0.367 e. The Morgan fingerprint density at radius 3 is 2.50 bits per heavy atom. The second-order valence-electron chi connectivity index (χ2n) is 9.59. The molecule has 2 aromatic heterocycles. The van der Waals surface area contributed by atoms with E-state index in [1.807, 2.05) is 11.8 Å². The normalized spacial score (nSPS) is 22.7. The molecule has 1 aliphatic carbocycles. The van der Waals surface area contributed by atoms with E-state index in [4.69, 9.17) is 4.74 Å². The second-order valence-corrected chi connectivity index (χ2v) is 10.6. The fourth-order valence-electron chi connectivity index (χ4n) is 5.35. The van der Waals surface area contributed by atoms with Gasteiger partial charge in [0.1, 0.15) is 11.5 Å². The zero-order chi connectivity index (χ0) is 24.0. The number of thiazole rings is 1. The van der Waals surface area contributed by atoms with E-state index in [0.29, 0.717) is 5.82 Å². The number of ether oxygens (including phenoxy) is 1. The Morgan fingerprint density at radius 2 is 1.94 bits per heavy atom. The molecular formula is C24H28F2N4O3S. The van der Waals surface area contributed by atoms with Crippen molar-refractivity contribution in [2.24, 2.45) is 0 Å². The molecule has 0 spiro atoms. The predicted octanol–water partition coefficient (Wildman–Crippen LogP) is 5.44. The smallest absolute Gasteiger partial charge is 0.367 e. The van der Waals surface area contributed by atoms with Crippen LogP contribution in [0.4, 0.5) is 14.6 Å². The van der Waals surface area contributed by atoms with Crippen LogP contribution in [0.25, 0.3) is 10.4 Å². The molecule has 1 saturated carbocycles. The van der Waals surface area contributed by atoms with Gasteiger partial charge in [0.25, 0.3) is 12.3 Å². The number of carbonyl (C=O) groups is 2. The molecule has 0 unspecified atom stereocenters. The Morgan fingerprint density at radius 1 is 1.26 bits per heavy atom. The van der Waals surface area contributed by atoms with Crippen LogP contribution in [0, 0.1) is 0 Å². The van der Waals surface area contributed by atoms with Crippen molar-refractivity contribution in [2.75, 3.05) is 11.9 Å². The lowest BCUT2D eigenvalue weighted by molar-refractivity contribution is 0.0525. The summed E-state index contributed by atoms with van der Waals surface area (Å²) < 4.78 is 33.5. The molecule has 0 atom stereocenters. The fourth-order valence-corrected chi connectivity index (χ4v) is 6.33. The minimum atomic E-state index is -2.79. The third-order valence-electron chi connectivity index (χ3n) is 7.27. The van der Waals surface area contributed by atoms with Gasteiger partial charge in [0.15, 0.2) is 0 Å². The van der Waals surface area contributed by atoms with E-state index in [9.17, 15) is 18.4 Å². The minimum absolute atomic E-state index is 0.0175. The molecule has 2 aliphatic heterocycles. The highest BCUT2D eigenvalue weighted by Gasteiger charge is 2.44. The number of pyridine rings is 1. The van der Waals surface area contributed by atoms with Gasteiger partial charge in [0.05, 0.1) is 11.5 Å². The molecular weight excluding hydrogens is 462 g/mol. The molecule has 10 heteroatoms. The summed E-state index contributed by atoms with van der Waals surface area (Å²) in [6, 6.07) is 1.63. The van der Waals surface area contributed by atoms with Gasteiger partial charge in [-0.1, -0.05) is 0 Å². The highest BCUT2D eigenvalue weighted by molar-refractivity contribution is 7.17. The highest BCUT2D eigenvalue weighted by atomic mass is 32.1. The maximum atomic E-state index is 14.2. The van der Waals surface area contributed by atoms with Crippen LogP contribution in [0.1, 0.15) is 91.1 Å². The third-order valence-corrected chi connectivity index (χ3v) is 8.34. The van der Waals surface area contributed by atoms with Gasteiger partial charge in [-0.15, -0.1) is 11.3 Å². The Labute approximate surface area is 200 Å². The monoisotopic (exact) mass is 490 g/mol. The average molecular weight is 491 g/mol. The van der Waals surface area contributed by atoms with Crippen LogP contribution in [-0.4, -0.2) is 51.0 Å². The molecule has 0 radical (unpaired) electrons. The van der Waals surface area contributed by atoms with Crippen LogP contribution in [-0.2, 0) is 4.74 Å². The van der Waals surface area contributed by atoms with Crippen LogP contribution in [0.3, 0.4) is 0 Å². The van der Waals surface area contributed by atoms with Crippen molar-refractivity contribution in [3.05, 3.63) is 28.5 Å². The lowest BCUT2D eigenvalue weighted by Crippen LogP contribution is -2.41. The van der Waals surface area contributed by atoms with Crippen molar-refractivity contribution in [1.82, 2.24) is 14.9 Å². The van der Waals surface area contributed by atoms with E-state index in [1.165, 1.54) is 12.3 Å². The molecule has 7 nitrogen and oxygen atoms in total. The third kappa shape index (κ3) is 4.06. The number of hydrogen-bond donors (Lipinski definition) is 1. The molecule has 2 bridgehead atoms. The number of aromatic nitrogens is 2. The summed E-state index contributed by atoms with van der Waals surface area (Å²) in [7, 11) is 0. The summed E-state index contributed by atoms with van der Waals surface area (Å²) in [5.41, 5.74) is -0.228. The van der Waals surface area contributed by atoms with E-state index in [-0.39, 0.29) is 56.8 Å². The minimum Gasteiger partial charge on any atom is -0.461 e. The van der Waals surface area contributed by atoms with Crippen LogP contribution < -0.4 is 5.32 Å². The predicted molar refractivity (Wildman–Crippen MR) is 124 cm³/mol. The van der Waals surface area contributed by atoms with Crippen molar-refractivity contribution < 1.29 is 23.1 Å². The summed E-state index contributed by atoms with van der Waals surface area (Å²) in [5, 5.41) is 3.25. The SMILES string of the molecule is CCOC(=O)c1nc(C(=O)N2[C@H]3CC[C@H]2CC3)c(-c2cnc(NC3(C)CCC3)cc2C(F)F)s1. The van der Waals surface area contributed by atoms with Crippen LogP contribution >= 0.6 is 11.3 Å².